The highest BCUT2D eigenvalue weighted by atomic mass is 31.2. The van der Waals surface area contributed by atoms with Crippen LogP contribution in [0.1, 0.15) is 0 Å². The van der Waals surface area contributed by atoms with E-state index in [4.69, 9.17) is 10.6 Å². The highest BCUT2D eigenvalue weighted by Gasteiger charge is 2.32. The monoisotopic (exact) mass is 139 g/mol. The van der Waals surface area contributed by atoms with Gasteiger partial charge >= 0.3 is 7.82 Å². The summed E-state index contributed by atoms with van der Waals surface area (Å²) in [6.07, 6.45) is -0.745. The normalized spacial score (nSPS) is 47.5. The molecule has 0 bridgehead atoms. The highest BCUT2D eigenvalue weighted by Crippen LogP contribution is 2.48. The molecule has 0 aliphatic carbocycles. The zero-order valence-corrected chi connectivity index (χ0v) is 4.88. The van der Waals surface area contributed by atoms with E-state index in [9.17, 15) is 4.57 Å². The highest BCUT2D eigenvalue weighted by molar-refractivity contribution is 7.47. The predicted molar refractivity (Wildman–Crippen MR) is 24.8 cm³/mol. The summed E-state index contributed by atoms with van der Waals surface area (Å²) >= 11 is 0. The number of nitrogens with two attached hydrogens (primary N) is 1. The van der Waals surface area contributed by atoms with Gasteiger partial charge in [0.1, 0.15) is 6.23 Å². The van der Waals surface area contributed by atoms with Crippen molar-refractivity contribution < 1.29 is 18.5 Å². The number of rotatable bonds is 0. The first-order valence-electron chi connectivity index (χ1n) is 2.01. The van der Waals surface area contributed by atoms with Crippen LogP contribution in [-0.4, -0.2) is 17.7 Å². The minimum absolute atomic E-state index is 0.00617. The van der Waals surface area contributed by atoms with Crippen molar-refractivity contribution in [3.05, 3.63) is 0 Å². The molecule has 48 valence electrons. The predicted octanol–water partition coefficient (Wildman–Crippen LogP) is -0.582. The van der Waals surface area contributed by atoms with Crippen LogP contribution in [0.15, 0.2) is 0 Å². The fraction of sp³-hybridized carbons (Fsp3) is 1.00. The third-order valence-corrected chi connectivity index (χ3v) is 1.68. The largest absolute Gasteiger partial charge is 0.473 e. The topological polar surface area (TPSA) is 81.8 Å². The Balaban J connectivity index is 2.57. The van der Waals surface area contributed by atoms with E-state index in [0.29, 0.717) is 0 Å². The lowest BCUT2D eigenvalue weighted by Gasteiger charge is -1.97. The lowest BCUT2D eigenvalue weighted by atomic mass is 10.7. The lowest BCUT2D eigenvalue weighted by molar-refractivity contribution is 0.221. The van der Waals surface area contributed by atoms with E-state index in [0.717, 1.165) is 0 Å². The van der Waals surface area contributed by atoms with Crippen LogP contribution in [0.3, 0.4) is 0 Å². The van der Waals surface area contributed by atoms with Crippen LogP contribution in [0, 0.1) is 0 Å². The van der Waals surface area contributed by atoms with E-state index in [2.05, 4.69) is 9.05 Å². The summed E-state index contributed by atoms with van der Waals surface area (Å²) < 4.78 is 18.7. The third kappa shape index (κ3) is 1.27. The molecule has 6 heteroatoms. The van der Waals surface area contributed by atoms with Gasteiger partial charge in [-0.25, -0.2) is 4.57 Å². The van der Waals surface area contributed by atoms with Crippen molar-refractivity contribution >= 4 is 7.82 Å². The van der Waals surface area contributed by atoms with E-state index in [1.54, 1.807) is 0 Å². The van der Waals surface area contributed by atoms with Crippen LogP contribution >= 0.6 is 7.82 Å². The van der Waals surface area contributed by atoms with Crippen LogP contribution in [0.5, 0.6) is 0 Å². The zero-order chi connectivity index (χ0) is 6.20. The van der Waals surface area contributed by atoms with Gasteiger partial charge in [0.25, 0.3) is 0 Å². The first kappa shape index (κ1) is 6.19. The molecule has 8 heavy (non-hydrogen) atoms. The summed E-state index contributed by atoms with van der Waals surface area (Å²) in [6.45, 7) is -0.00617. The smallest absolute Gasteiger partial charge is 0.304 e. The molecular formula is C2H6NO4P. The Labute approximate surface area is 46.0 Å². The second-order valence-corrected chi connectivity index (χ2v) is 2.81. The number of phosphoric ester groups is 1. The molecule has 0 aromatic carbocycles. The zero-order valence-electron chi connectivity index (χ0n) is 3.98. The number of phosphoric acid groups is 1. The van der Waals surface area contributed by atoms with Crippen LogP contribution in [0.25, 0.3) is 0 Å². The van der Waals surface area contributed by atoms with Crippen molar-refractivity contribution in [2.45, 2.75) is 6.23 Å². The Morgan fingerprint density at radius 3 is 2.62 bits per heavy atom. The lowest BCUT2D eigenvalue weighted by Crippen LogP contribution is -2.20. The third-order valence-electron chi connectivity index (χ3n) is 0.671. The Kier molecular flexibility index (Phi) is 1.38. The average molecular weight is 139 g/mol. The van der Waals surface area contributed by atoms with Crippen molar-refractivity contribution in [1.29, 1.82) is 0 Å². The molecule has 3 N–H and O–H groups in total. The maximum atomic E-state index is 10.3. The molecule has 0 radical (unpaired) electrons. The molecule has 0 aromatic rings. The number of hydrogen-bond acceptors (Lipinski definition) is 4. The van der Waals surface area contributed by atoms with E-state index < -0.39 is 14.1 Å². The minimum atomic E-state index is -3.72. The fourth-order valence-electron chi connectivity index (χ4n) is 0.400. The Morgan fingerprint density at radius 1 is 1.88 bits per heavy atom. The van der Waals surface area contributed by atoms with E-state index >= 15 is 0 Å². The van der Waals surface area contributed by atoms with Gasteiger partial charge in [0.2, 0.25) is 0 Å². The van der Waals surface area contributed by atoms with Gasteiger partial charge in [0, 0.05) is 0 Å². The first-order valence-corrected chi connectivity index (χ1v) is 3.51. The minimum Gasteiger partial charge on any atom is -0.304 e. The molecule has 0 spiro atoms. The molecular weight excluding hydrogens is 133 g/mol. The molecule has 0 aromatic heterocycles. The fourth-order valence-corrected chi connectivity index (χ4v) is 1.20. The molecule has 2 atom stereocenters. The van der Waals surface area contributed by atoms with Crippen molar-refractivity contribution in [3.8, 4) is 0 Å². The quantitative estimate of drug-likeness (QED) is 0.438. The van der Waals surface area contributed by atoms with Crippen molar-refractivity contribution in [2.75, 3.05) is 6.61 Å². The Bertz CT molecular complexity index is 136. The van der Waals surface area contributed by atoms with Crippen LogP contribution in [0.2, 0.25) is 0 Å². The van der Waals surface area contributed by atoms with E-state index in [1.165, 1.54) is 0 Å². The van der Waals surface area contributed by atoms with E-state index in [1.807, 2.05) is 0 Å². The van der Waals surface area contributed by atoms with Gasteiger partial charge in [-0.2, -0.15) is 0 Å². The Morgan fingerprint density at radius 2 is 2.50 bits per heavy atom. The summed E-state index contributed by atoms with van der Waals surface area (Å²) in [5.74, 6) is 0. The molecule has 1 aliphatic rings. The average Bonchev–Trinajstić information content (AvgIpc) is 1.82. The summed E-state index contributed by atoms with van der Waals surface area (Å²) in [7, 11) is -3.72. The van der Waals surface area contributed by atoms with Gasteiger partial charge < -0.3 is 10.6 Å². The standard InChI is InChI=1S/C2H6NO4P/c3-2-1-6-8(4,5)7-2/h2H,1,3H2,(H,4,5). The van der Waals surface area contributed by atoms with Gasteiger partial charge in [-0.05, 0) is 0 Å². The first-order chi connectivity index (χ1) is 3.60. The van der Waals surface area contributed by atoms with Gasteiger partial charge in [0.15, 0.2) is 0 Å². The maximum absolute atomic E-state index is 10.3. The van der Waals surface area contributed by atoms with Gasteiger partial charge in [-0.3, -0.25) is 9.05 Å². The van der Waals surface area contributed by atoms with Gasteiger partial charge in [-0.15, -0.1) is 0 Å². The second-order valence-electron chi connectivity index (χ2n) is 1.41. The van der Waals surface area contributed by atoms with Crippen LogP contribution < -0.4 is 5.73 Å². The molecule has 1 aliphatic heterocycles. The number of hydrogen-bond donors (Lipinski definition) is 2. The molecule has 5 nitrogen and oxygen atoms in total. The molecule has 2 unspecified atom stereocenters. The summed E-state index contributed by atoms with van der Waals surface area (Å²) in [4.78, 5) is 8.40. The molecule has 1 heterocycles. The van der Waals surface area contributed by atoms with Crippen LogP contribution in [-0.2, 0) is 13.6 Å². The SMILES string of the molecule is NC1COP(=O)(O)O1. The molecule has 0 saturated carbocycles. The summed E-state index contributed by atoms with van der Waals surface area (Å²) in [5.41, 5.74) is 5.03. The summed E-state index contributed by atoms with van der Waals surface area (Å²) in [5, 5.41) is 0. The van der Waals surface area contributed by atoms with Crippen LogP contribution in [0.4, 0.5) is 0 Å². The Hall–Kier alpha value is 0.0700. The molecule has 1 fully saturated rings. The summed E-state index contributed by atoms with van der Waals surface area (Å²) in [6, 6.07) is 0. The van der Waals surface area contributed by atoms with Crippen molar-refractivity contribution in [2.24, 2.45) is 5.73 Å². The maximum Gasteiger partial charge on any atom is 0.473 e. The van der Waals surface area contributed by atoms with Gasteiger partial charge in [0.05, 0.1) is 6.61 Å². The second kappa shape index (κ2) is 1.79. The molecule has 0 amide bonds. The molecule has 1 rings (SSSR count). The molecule has 1 saturated heterocycles. The van der Waals surface area contributed by atoms with E-state index in [-0.39, 0.29) is 6.61 Å². The van der Waals surface area contributed by atoms with Crippen molar-refractivity contribution in [3.63, 3.8) is 0 Å². The van der Waals surface area contributed by atoms with Crippen molar-refractivity contribution in [1.82, 2.24) is 0 Å². The van der Waals surface area contributed by atoms with Gasteiger partial charge in [-0.1, -0.05) is 0 Å².